The fraction of sp³-hybridized carbons (Fsp3) is 0.186. The van der Waals surface area contributed by atoms with Gasteiger partial charge in [0.05, 0.1) is 38.6 Å². The average molecular weight is 987 g/mol. The van der Waals surface area contributed by atoms with Crippen molar-refractivity contribution in [1.82, 2.24) is 0 Å². The van der Waals surface area contributed by atoms with E-state index in [0.29, 0.717) is 44.2 Å². The van der Waals surface area contributed by atoms with E-state index in [4.69, 9.17) is 23.7 Å². The highest BCUT2D eigenvalue weighted by Gasteiger charge is 2.42. The first kappa shape index (κ1) is 50.5. The van der Waals surface area contributed by atoms with Crippen molar-refractivity contribution < 1.29 is 59.2 Å². The zero-order valence-corrected chi connectivity index (χ0v) is 38.9. The number of hydrogen-bond donors (Lipinski definition) is 0. The van der Waals surface area contributed by atoms with Crippen LogP contribution >= 0.6 is 0 Å². The highest BCUT2D eigenvalue weighted by atomic mass is 19.3. The van der Waals surface area contributed by atoms with E-state index in [-0.39, 0.29) is 85.0 Å². The maximum absolute atomic E-state index is 16.6. The van der Waals surface area contributed by atoms with Crippen LogP contribution in [0.1, 0.15) is 33.4 Å². The third kappa shape index (κ3) is 13.1. The smallest absolute Gasteiger partial charge is 0.432 e. The molecule has 0 N–H and O–H groups in total. The molecule has 0 aliphatic heterocycles. The van der Waals surface area contributed by atoms with Crippen LogP contribution in [0.2, 0.25) is 0 Å². The van der Waals surface area contributed by atoms with E-state index in [1.54, 1.807) is 0 Å². The van der Waals surface area contributed by atoms with Gasteiger partial charge in [0.1, 0.15) is 22.9 Å². The number of hydrogen-bond acceptors (Lipinski definition) is 6. The fourth-order valence-corrected chi connectivity index (χ4v) is 7.93. The Hall–Kier alpha value is -7.93. The highest BCUT2D eigenvalue weighted by Crippen LogP contribution is 2.58. The number of rotatable bonds is 24. The molecule has 0 heterocycles. The number of ether oxygens (including phenoxy) is 6. The van der Waals surface area contributed by atoms with Crippen LogP contribution in [-0.4, -0.2) is 33.0 Å². The highest BCUT2D eigenvalue weighted by molar-refractivity contribution is 5.87. The summed E-state index contributed by atoms with van der Waals surface area (Å²) in [4.78, 5) is 0. The maximum atomic E-state index is 16.6. The molecular weight excluding hydrogens is 938 g/mol. The second-order valence-electron chi connectivity index (χ2n) is 16.6. The molecule has 72 heavy (non-hydrogen) atoms. The van der Waals surface area contributed by atoms with Crippen LogP contribution in [-0.2, 0) is 38.2 Å². The van der Waals surface area contributed by atoms with Crippen LogP contribution < -0.4 is 28.4 Å². The Kier molecular flexibility index (Phi) is 17.0. The molecule has 370 valence electrons. The first-order chi connectivity index (χ1) is 35.0. The van der Waals surface area contributed by atoms with E-state index in [2.05, 4.69) is 4.74 Å². The van der Waals surface area contributed by atoms with Crippen LogP contribution in [0.25, 0.3) is 11.1 Å². The third-order valence-electron chi connectivity index (χ3n) is 11.5. The topological polar surface area (TPSA) is 55.4 Å². The van der Waals surface area contributed by atoms with Gasteiger partial charge < -0.3 is 28.4 Å². The van der Waals surface area contributed by atoms with Crippen molar-refractivity contribution in [1.29, 1.82) is 0 Å². The van der Waals surface area contributed by atoms with Crippen molar-refractivity contribution in [3.05, 3.63) is 238 Å². The molecule has 13 heteroatoms. The minimum absolute atomic E-state index is 0.00825. The molecule has 0 atom stereocenters. The van der Waals surface area contributed by atoms with E-state index in [1.165, 1.54) is 0 Å². The molecule has 8 rings (SSSR count). The van der Waals surface area contributed by atoms with Gasteiger partial charge >= 0.3 is 6.11 Å². The molecule has 0 amide bonds. The van der Waals surface area contributed by atoms with Gasteiger partial charge in [-0.3, -0.25) is 0 Å². The Balaban J connectivity index is 1.32. The zero-order valence-electron chi connectivity index (χ0n) is 38.9. The third-order valence-corrected chi connectivity index (χ3v) is 11.5. The molecule has 0 saturated heterocycles. The van der Waals surface area contributed by atoms with Gasteiger partial charge in [0.2, 0.25) is 17.2 Å². The molecule has 8 aromatic carbocycles. The molecule has 0 aromatic heterocycles. The van der Waals surface area contributed by atoms with Gasteiger partial charge in [-0.15, -0.1) is 0 Å². The minimum atomic E-state index is -4.87. The second-order valence-corrected chi connectivity index (χ2v) is 16.6. The Bertz CT molecular complexity index is 2840. The van der Waals surface area contributed by atoms with Gasteiger partial charge in [-0.2, -0.15) is 8.78 Å². The second kappa shape index (κ2) is 24.3. The van der Waals surface area contributed by atoms with Gasteiger partial charge in [-0.1, -0.05) is 152 Å². The van der Waals surface area contributed by atoms with Crippen molar-refractivity contribution in [3.8, 4) is 45.6 Å². The molecule has 0 aliphatic carbocycles. The van der Waals surface area contributed by atoms with Crippen molar-refractivity contribution in [2.24, 2.45) is 0 Å². The summed E-state index contributed by atoms with van der Waals surface area (Å²) in [6.45, 7) is 0.136. The average Bonchev–Trinajstić information content (AvgIpc) is 3.38. The monoisotopic (exact) mass is 986 g/mol. The standard InChI is InChI=1S/C59H49F7O6/c60-47-36-45(37-48(61)52(47)59(65,66)72-46-38-49(62)53(64)50(63)39-46)51-54(67-31-26-40-16-6-1-7-17-40)56(69-33-28-42-20-10-3-11-21-42)58(71-35-30-44-24-14-5-15-25-44)57(70-34-29-43-22-12-4-13-23-43)55(51)68-32-27-41-18-8-2-9-19-41/h1-25,36-39H,26-35H2. The summed E-state index contributed by atoms with van der Waals surface area (Å²) in [5, 5.41) is 0. The lowest BCUT2D eigenvalue weighted by atomic mass is 9.98. The van der Waals surface area contributed by atoms with Crippen molar-refractivity contribution in [2.75, 3.05) is 33.0 Å². The van der Waals surface area contributed by atoms with E-state index < -0.39 is 46.5 Å². The number of benzene rings is 8. The van der Waals surface area contributed by atoms with Crippen molar-refractivity contribution >= 4 is 0 Å². The quantitative estimate of drug-likeness (QED) is 0.0444. The molecular formula is C59H49F7O6. The first-order valence-corrected chi connectivity index (χ1v) is 23.3. The first-order valence-electron chi connectivity index (χ1n) is 23.3. The summed E-state index contributed by atoms with van der Waals surface area (Å²) in [6, 6.07) is 49.1. The Labute approximate surface area is 413 Å². The van der Waals surface area contributed by atoms with Gasteiger partial charge in [0.15, 0.2) is 29.0 Å². The maximum Gasteiger partial charge on any atom is 0.432 e. The zero-order chi connectivity index (χ0) is 50.3. The van der Waals surface area contributed by atoms with Crippen LogP contribution in [0.3, 0.4) is 0 Å². The molecule has 0 fully saturated rings. The predicted octanol–water partition coefficient (Wildman–Crippen LogP) is 14.3. The lowest BCUT2D eigenvalue weighted by Crippen LogP contribution is -2.25. The molecule has 8 aromatic rings. The van der Waals surface area contributed by atoms with Crippen LogP contribution in [0.15, 0.2) is 176 Å². The number of alkyl halides is 2. The van der Waals surface area contributed by atoms with Gasteiger partial charge in [-0.05, 0) is 45.5 Å². The Morgan fingerprint density at radius 2 is 0.611 bits per heavy atom. The largest absolute Gasteiger partial charge is 0.488 e. The predicted molar refractivity (Wildman–Crippen MR) is 261 cm³/mol. The molecule has 0 spiro atoms. The summed E-state index contributed by atoms with van der Waals surface area (Å²) in [5.74, 6) is -10.6. The van der Waals surface area contributed by atoms with E-state index in [0.717, 1.165) is 27.8 Å². The normalized spacial score (nSPS) is 11.3. The van der Waals surface area contributed by atoms with Crippen LogP contribution in [0.4, 0.5) is 30.7 Å². The number of halogens is 7. The Morgan fingerprint density at radius 1 is 0.333 bits per heavy atom. The summed E-state index contributed by atoms with van der Waals surface area (Å²) in [6.07, 6.45) is -2.93. The lowest BCUT2D eigenvalue weighted by Gasteiger charge is -2.27. The molecule has 0 unspecified atom stereocenters. The molecule has 0 bridgehead atoms. The molecule has 0 radical (unpaired) electrons. The van der Waals surface area contributed by atoms with E-state index in [1.807, 2.05) is 152 Å². The molecule has 0 aliphatic rings. The molecule has 6 nitrogen and oxygen atoms in total. The Morgan fingerprint density at radius 3 is 0.917 bits per heavy atom. The van der Waals surface area contributed by atoms with Crippen molar-refractivity contribution in [3.63, 3.8) is 0 Å². The van der Waals surface area contributed by atoms with Crippen LogP contribution in [0.5, 0.6) is 34.5 Å². The summed E-state index contributed by atoms with van der Waals surface area (Å²) < 4.78 is 145. The van der Waals surface area contributed by atoms with E-state index >= 15 is 17.6 Å². The van der Waals surface area contributed by atoms with Gasteiger partial charge in [0.25, 0.3) is 0 Å². The fourth-order valence-electron chi connectivity index (χ4n) is 7.93. The minimum Gasteiger partial charge on any atom is -0.488 e. The summed E-state index contributed by atoms with van der Waals surface area (Å²) >= 11 is 0. The lowest BCUT2D eigenvalue weighted by molar-refractivity contribution is -0.189. The van der Waals surface area contributed by atoms with E-state index in [9.17, 15) is 13.2 Å². The van der Waals surface area contributed by atoms with Gasteiger partial charge in [-0.25, -0.2) is 22.0 Å². The van der Waals surface area contributed by atoms with Gasteiger partial charge in [0, 0.05) is 44.2 Å². The SMILES string of the molecule is Fc1cc(OC(F)(F)c2c(F)cc(-c3c(OCCc4ccccc4)c(OCCc4ccccc4)c(OCCc4ccccc4)c(OCCc4ccccc4)c3OCCc3ccccc3)cc2F)cc(F)c1F. The summed E-state index contributed by atoms with van der Waals surface area (Å²) in [7, 11) is 0. The molecule has 0 saturated carbocycles. The summed E-state index contributed by atoms with van der Waals surface area (Å²) in [5.41, 5.74) is 2.28. The van der Waals surface area contributed by atoms with Crippen LogP contribution in [0, 0.1) is 29.1 Å². The van der Waals surface area contributed by atoms with Crippen molar-refractivity contribution in [2.45, 2.75) is 38.2 Å².